The minimum Gasteiger partial charge on any atom is -0.467 e. The lowest BCUT2D eigenvalue weighted by molar-refractivity contribution is -0.118. The molecule has 1 amide bonds. The molecule has 4 aromatic rings. The first-order chi connectivity index (χ1) is 17.0. The maximum atomic E-state index is 12.7. The lowest BCUT2D eigenvalue weighted by atomic mass is 10.1. The molecule has 0 bridgehead atoms. The number of nitrogens with zero attached hydrogens (tertiary/aromatic N) is 3. The van der Waals surface area contributed by atoms with Crippen molar-refractivity contribution in [1.29, 1.82) is 0 Å². The molecule has 11 heteroatoms. The molecule has 0 aliphatic carbocycles. The van der Waals surface area contributed by atoms with Crippen molar-refractivity contribution >= 4 is 43.2 Å². The number of carbonyl (C=O) groups excluding carboxylic acids is 1. The summed E-state index contributed by atoms with van der Waals surface area (Å²) in [5.74, 6) is -0.0609. The lowest BCUT2D eigenvalue weighted by Gasteiger charge is -2.26. The van der Waals surface area contributed by atoms with Gasteiger partial charge in [-0.25, -0.2) is 18.4 Å². The van der Waals surface area contributed by atoms with Crippen molar-refractivity contribution in [2.45, 2.75) is 4.90 Å². The number of morpholine rings is 1. The fraction of sp³-hybridized carbons (Fsp3) is 0.208. The Morgan fingerprint density at radius 2 is 1.80 bits per heavy atom. The van der Waals surface area contributed by atoms with Gasteiger partial charge in [0.2, 0.25) is 15.9 Å². The summed E-state index contributed by atoms with van der Waals surface area (Å²) in [7, 11) is -3.59. The van der Waals surface area contributed by atoms with Crippen LogP contribution in [0.3, 0.4) is 0 Å². The van der Waals surface area contributed by atoms with Gasteiger partial charge < -0.3 is 14.8 Å². The average molecular weight is 511 g/mol. The van der Waals surface area contributed by atoms with Gasteiger partial charge in [0, 0.05) is 29.7 Å². The van der Waals surface area contributed by atoms with E-state index in [1.807, 2.05) is 35.7 Å². The molecule has 3 heterocycles. The fourth-order valence-electron chi connectivity index (χ4n) is 3.76. The number of thiophene rings is 1. The van der Waals surface area contributed by atoms with Gasteiger partial charge in [-0.05, 0) is 29.8 Å². The summed E-state index contributed by atoms with van der Waals surface area (Å²) in [6.45, 7) is 1.15. The molecule has 0 spiro atoms. The topological polar surface area (TPSA) is 111 Å². The van der Waals surface area contributed by atoms with Crippen LogP contribution in [-0.4, -0.2) is 61.5 Å². The van der Waals surface area contributed by atoms with Crippen molar-refractivity contribution in [2.75, 3.05) is 38.2 Å². The van der Waals surface area contributed by atoms with E-state index in [0.717, 1.165) is 21.3 Å². The largest absolute Gasteiger partial charge is 0.467 e. The second kappa shape index (κ2) is 10.1. The van der Waals surface area contributed by atoms with Crippen LogP contribution in [0.25, 0.3) is 21.3 Å². The van der Waals surface area contributed by atoms with E-state index >= 15 is 0 Å². The van der Waals surface area contributed by atoms with Gasteiger partial charge in [-0.15, -0.1) is 11.3 Å². The van der Waals surface area contributed by atoms with E-state index in [-0.39, 0.29) is 11.5 Å². The van der Waals surface area contributed by atoms with Crippen LogP contribution in [0.15, 0.2) is 71.2 Å². The molecule has 2 aromatic carbocycles. The molecule has 1 fully saturated rings. The highest BCUT2D eigenvalue weighted by atomic mass is 32.2. The van der Waals surface area contributed by atoms with Crippen LogP contribution >= 0.6 is 11.3 Å². The van der Waals surface area contributed by atoms with Crippen molar-refractivity contribution < 1.29 is 22.7 Å². The Balaban J connectivity index is 1.26. The average Bonchev–Trinajstić information content (AvgIpc) is 3.34. The summed E-state index contributed by atoms with van der Waals surface area (Å²) in [4.78, 5) is 22.0. The molecule has 0 saturated carbocycles. The van der Waals surface area contributed by atoms with Gasteiger partial charge in [0.05, 0.1) is 23.5 Å². The van der Waals surface area contributed by atoms with Crippen LogP contribution in [0, 0.1) is 0 Å². The monoisotopic (exact) mass is 510 g/mol. The number of aromatic nitrogens is 2. The number of rotatable bonds is 7. The zero-order valence-electron chi connectivity index (χ0n) is 18.6. The number of fused-ring (bicyclic) bond motifs is 1. The molecule has 180 valence electrons. The summed E-state index contributed by atoms with van der Waals surface area (Å²) in [5, 5.41) is 5.48. The van der Waals surface area contributed by atoms with Crippen molar-refractivity contribution in [3.63, 3.8) is 0 Å². The van der Waals surface area contributed by atoms with Crippen LogP contribution < -0.4 is 10.1 Å². The molecule has 1 aliphatic rings. The lowest BCUT2D eigenvalue weighted by Crippen LogP contribution is -2.40. The smallest absolute Gasteiger partial charge is 0.262 e. The third-order valence-electron chi connectivity index (χ3n) is 5.51. The summed E-state index contributed by atoms with van der Waals surface area (Å²) in [6, 6.07) is 15.9. The van der Waals surface area contributed by atoms with E-state index in [1.54, 1.807) is 12.1 Å². The summed E-state index contributed by atoms with van der Waals surface area (Å²) in [5.41, 5.74) is 2.42. The number of anilines is 1. The van der Waals surface area contributed by atoms with E-state index in [9.17, 15) is 13.2 Å². The first kappa shape index (κ1) is 23.4. The highest BCUT2D eigenvalue weighted by molar-refractivity contribution is 7.89. The maximum Gasteiger partial charge on any atom is 0.262 e. The molecule has 5 rings (SSSR count). The van der Waals surface area contributed by atoms with Crippen LogP contribution in [0.4, 0.5) is 5.69 Å². The Morgan fingerprint density at radius 1 is 1.06 bits per heavy atom. The molecule has 2 aromatic heterocycles. The van der Waals surface area contributed by atoms with Crippen LogP contribution in [0.1, 0.15) is 0 Å². The molecular weight excluding hydrogens is 488 g/mol. The van der Waals surface area contributed by atoms with Gasteiger partial charge in [-0.1, -0.05) is 30.3 Å². The van der Waals surface area contributed by atoms with Gasteiger partial charge in [-0.3, -0.25) is 4.79 Å². The number of benzene rings is 2. The molecular formula is C24H22N4O5S2. The molecule has 1 aliphatic heterocycles. The second-order valence-corrected chi connectivity index (χ2v) is 10.5. The molecule has 0 radical (unpaired) electrons. The number of ether oxygens (including phenoxy) is 2. The van der Waals surface area contributed by atoms with Crippen LogP contribution in [-0.2, 0) is 19.6 Å². The first-order valence-corrected chi connectivity index (χ1v) is 13.2. The van der Waals surface area contributed by atoms with Gasteiger partial charge in [-0.2, -0.15) is 4.31 Å². The number of amides is 1. The molecule has 1 saturated heterocycles. The first-order valence-electron chi connectivity index (χ1n) is 10.9. The second-order valence-electron chi connectivity index (χ2n) is 7.75. The normalized spacial score (nSPS) is 14.6. The van der Waals surface area contributed by atoms with Crippen molar-refractivity contribution in [3.05, 3.63) is 66.3 Å². The third kappa shape index (κ3) is 5.03. The zero-order valence-corrected chi connectivity index (χ0v) is 20.2. The predicted octanol–water partition coefficient (Wildman–Crippen LogP) is 3.40. The van der Waals surface area contributed by atoms with Gasteiger partial charge in [0.1, 0.15) is 11.2 Å². The number of sulfonamides is 1. The highest BCUT2D eigenvalue weighted by Gasteiger charge is 2.26. The van der Waals surface area contributed by atoms with E-state index < -0.39 is 15.9 Å². The minimum atomic E-state index is -3.59. The van der Waals surface area contributed by atoms with E-state index in [0.29, 0.717) is 37.9 Å². The van der Waals surface area contributed by atoms with E-state index in [4.69, 9.17) is 9.47 Å². The Morgan fingerprint density at radius 3 is 2.54 bits per heavy atom. The quantitative estimate of drug-likeness (QED) is 0.406. The van der Waals surface area contributed by atoms with Crippen molar-refractivity contribution in [1.82, 2.24) is 14.3 Å². The molecule has 35 heavy (non-hydrogen) atoms. The molecule has 0 atom stereocenters. The van der Waals surface area contributed by atoms with E-state index in [1.165, 1.54) is 34.1 Å². The van der Waals surface area contributed by atoms with Gasteiger partial charge in [0.25, 0.3) is 5.91 Å². The summed E-state index contributed by atoms with van der Waals surface area (Å²) < 4.78 is 37.9. The van der Waals surface area contributed by atoms with E-state index in [2.05, 4.69) is 15.3 Å². The van der Waals surface area contributed by atoms with Crippen molar-refractivity contribution in [3.8, 4) is 17.0 Å². The van der Waals surface area contributed by atoms with Gasteiger partial charge >= 0.3 is 0 Å². The Hall–Kier alpha value is -3.38. The molecule has 1 N–H and O–H groups in total. The highest BCUT2D eigenvalue weighted by Crippen LogP contribution is 2.37. The Kier molecular flexibility index (Phi) is 6.73. The molecule has 9 nitrogen and oxygen atoms in total. The number of nitrogens with one attached hydrogen (secondary N) is 1. The summed E-state index contributed by atoms with van der Waals surface area (Å²) >= 11 is 1.48. The third-order valence-corrected chi connectivity index (χ3v) is 8.31. The number of hydrogen-bond donors (Lipinski definition) is 1. The zero-order chi connectivity index (χ0) is 24.3. The van der Waals surface area contributed by atoms with Crippen LogP contribution in [0.2, 0.25) is 0 Å². The van der Waals surface area contributed by atoms with Crippen LogP contribution in [0.5, 0.6) is 5.88 Å². The minimum absolute atomic E-state index is 0.169. The Bertz CT molecular complexity index is 1430. The Labute approximate surface area is 206 Å². The fourth-order valence-corrected chi connectivity index (χ4v) is 6.08. The summed E-state index contributed by atoms with van der Waals surface area (Å²) in [6.07, 6.45) is 1.41. The SMILES string of the molecule is O=C(COc1ncnc2scc(-c3ccccc3)c12)Nc1ccc(S(=O)(=O)N2CCOCC2)cc1. The number of hydrogen-bond acceptors (Lipinski definition) is 8. The number of carbonyl (C=O) groups is 1. The standard InChI is InChI=1S/C24H22N4O5S2/c29-21(27-18-6-8-19(9-7-18)35(30,31)28-10-12-32-13-11-28)14-33-23-22-20(17-4-2-1-3-5-17)15-34-24(22)26-16-25-23/h1-9,15-16H,10-14H2,(H,27,29). The van der Waals surface area contributed by atoms with Gasteiger partial charge in [0.15, 0.2) is 6.61 Å². The predicted molar refractivity (Wildman–Crippen MR) is 133 cm³/mol. The van der Waals surface area contributed by atoms with Crippen molar-refractivity contribution in [2.24, 2.45) is 0 Å². The molecule has 0 unspecified atom stereocenters. The maximum absolute atomic E-state index is 12.7.